The number of ether oxygens (including phenoxy) is 3. The third-order valence-corrected chi connectivity index (χ3v) is 8.92. The second-order valence-electron chi connectivity index (χ2n) is 9.71. The van der Waals surface area contributed by atoms with E-state index in [2.05, 4.69) is 6.07 Å². The fraction of sp³-hybridized carbons (Fsp3) is 0.0909. The predicted molar refractivity (Wildman–Crippen MR) is 164 cm³/mol. The van der Waals surface area contributed by atoms with Crippen LogP contribution in [-0.4, -0.2) is 5.97 Å². The predicted octanol–water partition coefficient (Wildman–Crippen LogP) is 8.53. The van der Waals surface area contributed by atoms with Crippen LogP contribution in [0.1, 0.15) is 37.8 Å². The molecule has 0 aliphatic carbocycles. The summed E-state index contributed by atoms with van der Waals surface area (Å²) in [5.41, 5.74) is 9.88. The van der Waals surface area contributed by atoms with E-state index in [1.54, 1.807) is 18.2 Å². The number of carbonyl (C=O) groups excluding carboxylic acids is 1. The Kier molecular flexibility index (Phi) is 7.53. The van der Waals surface area contributed by atoms with E-state index in [9.17, 15) is 10.1 Å². The molecule has 0 fully saturated rings. The Morgan fingerprint density at radius 1 is 1.02 bits per heavy atom. The Balaban J connectivity index is 1.28. The summed E-state index contributed by atoms with van der Waals surface area (Å²) in [5.74, 6) is 0.124. The third kappa shape index (κ3) is 5.28. The minimum atomic E-state index is -0.573. The van der Waals surface area contributed by atoms with Crippen LogP contribution >= 0.6 is 34.5 Å². The summed E-state index contributed by atoms with van der Waals surface area (Å²) in [7, 11) is 0. The molecule has 0 saturated carbocycles. The van der Waals surface area contributed by atoms with Gasteiger partial charge >= 0.3 is 5.97 Å². The molecule has 2 N–H and O–H groups in total. The number of rotatable bonds is 6. The zero-order valence-corrected chi connectivity index (χ0v) is 24.5. The molecule has 6 nitrogen and oxygen atoms in total. The lowest BCUT2D eigenvalue weighted by Crippen LogP contribution is -2.21. The van der Waals surface area contributed by atoms with Crippen molar-refractivity contribution in [2.45, 2.75) is 19.4 Å². The maximum absolute atomic E-state index is 13.1. The van der Waals surface area contributed by atoms with E-state index in [0.29, 0.717) is 32.0 Å². The summed E-state index contributed by atoms with van der Waals surface area (Å²) in [4.78, 5) is 13.4. The molecule has 4 aromatic carbocycles. The first kappa shape index (κ1) is 27.7. The molecule has 9 heteroatoms. The van der Waals surface area contributed by atoms with E-state index in [4.69, 9.17) is 43.1 Å². The topological polar surface area (TPSA) is 94.6 Å². The van der Waals surface area contributed by atoms with E-state index >= 15 is 0 Å². The van der Waals surface area contributed by atoms with Crippen molar-refractivity contribution in [3.8, 4) is 23.3 Å². The number of nitrogens with zero attached hydrogens (tertiary/aromatic N) is 1. The lowest BCUT2D eigenvalue weighted by Gasteiger charge is -2.27. The fourth-order valence-corrected chi connectivity index (χ4v) is 6.53. The molecule has 1 unspecified atom stereocenters. The number of hydrogen-bond donors (Lipinski definition) is 1. The summed E-state index contributed by atoms with van der Waals surface area (Å²) < 4.78 is 18.4. The van der Waals surface area contributed by atoms with Gasteiger partial charge in [0, 0.05) is 32.3 Å². The Morgan fingerprint density at radius 3 is 2.67 bits per heavy atom. The number of carbonyl (C=O) groups is 1. The van der Waals surface area contributed by atoms with Crippen molar-refractivity contribution in [2.24, 2.45) is 5.73 Å². The first-order valence-corrected chi connectivity index (χ1v) is 14.5. The van der Waals surface area contributed by atoms with Crippen molar-refractivity contribution >= 4 is 50.6 Å². The molecule has 1 atom stereocenters. The van der Waals surface area contributed by atoms with Gasteiger partial charge in [-0.1, -0.05) is 71.7 Å². The molecule has 5 aromatic rings. The van der Waals surface area contributed by atoms with Gasteiger partial charge < -0.3 is 19.9 Å². The zero-order valence-electron chi connectivity index (χ0n) is 22.2. The van der Waals surface area contributed by atoms with Crippen molar-refractivity contribution in [2.75, 3.05) is 0 Å². The van der Waals surface area contributed by atoms with E-state index in [-0.39, 0.29) is 23.8 Å². The first-order chi connectivity index (χ1) is 20.3. The molecule has 42 heavy (non-hydrogen) atoms. The summed E-state index contributed by atoms with van der Waals surface area (Å²) in [6.07, 6.45) is 0. The van der Waals surface area contributed by atoms with Crippen molar-refractivity contribution in [3.63, 3.8) is 0 Å². The standard InChI is InChI=1S/C33H22Cl2N2O4S/c1-18-9-11-24-28(13-18)42-31(30(24)35)33(38)40-22-10-12-23-27(15-22)41-32(37)25(16-36)29(23)19-6-4-7-21(14-19)39-17-20-5-2-3-8-26(20)34/h2-15,29H,17,37H2,1H3. The molecular formula is C33H22Cl2N2O4S. The van der Waals surface area contributed by atoms with Gasteiger partial charge in [0.05, 0.1) is 10.9 Å². The van der Waals surface area contributed by atoms with Crippen molar-refractivity contribution in [3.05, 3.63) is 134 Å². The van der Waals surface area contributed by atoms with Crippen LogP contribution in [0, 0.1) is 18.3 Å². The van der Waals surface area contributed by atoms with E-state index in [1.165, 1.54) is 11.3 Å². The van der Waals surface area contributed by atoms with Gasteiger partial charge in [-0.2, -0.15) is 5.26 Å². The Morgan fingerprint density at radius 2 is 1.86 bits per heavy atom. The summed E-state index contributed by atoms with van der Waals surface area (Å²) >= 11 is 14.1. The van der Waals surface area contributed by atoms with E-state index in [1.807, 2.05) is 73.7 Å². The van der Waals surface area contributed by atoms with Crippen LogP contribution in [0.3, 0.4) is 0 Å². The van der Waals surface area contributed by atoms with Crippen LogP contribution in [0.4, 0.5) is 0 Å². The smallest absolute Gasteiger partial charge is 0.355 e. The number of benzene rings is 4. The Labute approximate surface area is 256 Å². The molecule has 1 aromatic heterocycles. The molecule has 2 heterocycles. The monoisotopic (exact) mass is 612 g/mol. The number of halogens is 2. The number of nitrogens with two attached hydrogens (primary N) is 1. The molecule has 208 valence electrons. The van der Waals surface area contributed by atoms with Gasteiger partial charge in [0.25, 0.3) is 0 Å². The highest BCUT2D eigenvalue weighted by atomic mass is 35.5. The number of thiophene rings is 1. The molecular weight excluding hydrogens is 591 g/mol. The van der Waals surface area contributed by atoms with Crippen molar-refractivity contribution < 1.29 is 19.0 Å². The number of aryl methyl sites for hydroxylation is 1. The summed E-state index contributed by atoms with van der Waals surface area (Å²) in [5, 5.41) is 11.8. The lowest BCUT2D eigenvalue weighted by molar-refractivity contribution is 0.0740. The van der Waals surface area contributed by atoms with Crippen LogP contribution in [-0.2, 0) is 6.61 Å². The van der Waals surface area contributed by atoms with E-state index in [0.717, 1.165) is 26.8 Å². The van der Waals surface area contributed by atoms with Gasteiger partial charge in [-0.05, 0) is 48.4 Å². The molecule has 0 amide bonds. The first-order valence-electron chi connectivity index (χ1n) is 12.9. The molecule has 0 saturated heterocycles. The van der Waals surface area contributed by atoms with Gasteiger partial charge in [0.15, 0.2) is 0 Å². The number of hydrogen-bond acceptors (Lipinski definition) is 7. The summed E-state index contributed by atoms with van der Waals surface area (Å²) in [6.45, 7) is 2.27. The highest BCUT2D eigenvalue weighted by molar-refractivity contribution is 7.21. The molecule has 0 radical (unpaired) electrons. The zero-order chi connectivity index (χ0) is 29.4. The second-order valence-corrected chi connectivity index (χ2v) is 11.5. The second kappa shape index (κ2) is 11.4. The van der Waals surface area contributed by atoms with Crippen LogP contribution in [0.25, 0.3) is 10.1 Å². The summed E-state index contributed by atoms with van der Waals surface area (Å²) in [6, 6.07) is 27.9. The van der Waals surface area contributed by atoms with E-state index < -0.39 is 11.9 Å². The van der Waals surface area contributed by atoms with Gasteiger partial charge in [0.2, 0.25) is 5.88 Å². The molecule has 1 aliphatic heterocycles. The maximum Gasteiger partial charge on any atom is 0.355 e. The van der Waals surface area contributed by atoms with Gasteiger partial charge in [-0.15, -0.1) is 11.3 Å². The number of allylic oxidation sites excluding steroid dienone is 1. The Hall–Kier alpha value is -4.48. The molecule has 0 spiro atoms. The Bertz CT molecular complexity index is 1940. The number of esters is 1. The average molecular weight is 614 g/mol. The van der Waals surface area contributed by atoms with Crippen LogP contribution in [0.5, 0.6) is 17.2 Å². The normalized spacial score (nSPS) is 14.2. The SMILES string of the molecule is Cc1ccc2c(Cl)c(C(=O)Oc3ccc4c(c3)OC(N)=C(C#N)C4c3cccc(OCc4ccccc4Cl)c3)sc2c1. The highest BCUT2D eigenvalue weighted by Gasteiger charge is 2.31. The number of fused-ring (bicyclic) bond motifs is 2. The van der Waals surface area contributed by atoms with Crippen LogP contribution in [0.15, 0.2) is 96.4 Å². The van der Waals surface area contributed by atoms with Gasteiger partial charge in [-0.3, -0.25) is 0 Å². The van der Waals surface area contributed by atoms with Crippen molar-refractivity contribution in [1.29, 1.82) is 5.26 Å². The largest absolute Gasteiger partial charge is 0.489 e. The fourth-order valence-electron chi connectivity index (χ4n) is 4.86. The quantitative estimate of drug-likeness (QED) is 0.152. The average Bonchev–Trinajstić information content (AvgIpc) is 3.31. The maximum atomic E-state index is 13.1. The van der Waals surface area contributed by atoms with Gasteiger partial charge in [-0.25, -0.2) is 4.79 Å². The minimum Gasteiger partial charge on any atom is -0.489 e. The molecule has 1 aliphatic rings. The van der Waals surface area contributed by atoms with Crippen LogP contribution in [0.2, 0.25) is 10.0 Å². The molecule has 6 rings (SSSR count). The van der Waals surface area contributed by atoms with Crippen LogP contribution < -0.4 is 19.9 Å². The third-order valence-electron chi connectivity index (χ3n) is 6.92. The minimum absolute atomic E-state index is 0.0243. The van der Waals surface area contributed by atoms with Crippen molar-refractivity contribution in [1.82, 2.24) is 0 Å². The lowest BCUT2D eigenvalue weighted by atomic mass is 9.83. The van der Waals surface area contributed by atoms with Gasteiger partial charge in [0.1, 0.15) is 40.4 Å². The molecule has 0 bridgehead atoms. The highest BCUT2D eigenvalue weighted by Crippen LogP contribution is 2.44. The number of nitriles is 1.